The van der Waals surface area contributed by atoms with Crippen molar-refractivity contribution in [3.05, 3.63) is 111 Å². The third-order valence-electron chi connectivity index (χ3n) is 5.26. The van der Waals surface area contributed by atoms with Crippen molar-refractivity contribution in [1.82, 2.24) is 5.32 Å². The van der Waals surface area contributed by atoms with Crippen molar-refractivity contribution in [3.63, 3.8) is 0 Å². The second-order valence-corrected chi connectivity index (χ2v) is 7.87. The summed E-state index contributed by atoms with van der Waals surface area (Å²) >= 11 is 0. The second-order valence-electron chi connectivity index (χ2n) is 7.87. The van der Waals surface area contributed by atoms with Gasteiger partial charge in [-0.15, -0.1) is 0 Å². The fourth-order valence-corrected chi connectivity index (χ4v) is 3.37. The Balaban J connectivity index is 1.26. The molecular formula is C27H22FNO6. The Kier molecular flexibility index (Phi) is 7.21. The average molecular weight is 475 g/mol. The minimum atomic E-state index is -0.630. The molecule has 0 bridgehead atoms. The van der Waals surface area contributed by atoms with E-state index >= 15 is 0 Å². The van der Waals surface area contributed by atoms with Crippen LogP contribution in [0.3, 0.4) is 0 Å². The van der Waals surface area contributed by atoms with Gasteiger partial charge in [-0.2, -0.15) is 0 Å². The van der Waals surface area contributed by atoms with Crippen molar-refractivity contribution in [3.8, 4) is 5.75 Å². The summed E-state index contributed by atoms with van der Waals surface area (Å²) in [4.78, 5) is 35.7. The molecule has 7 nitrogen and oxygen atoms in total. The van der Waals surface area contributed by atoms with E-state index in [0.717, 1.165) is 22.1 Å². The lowest BCUT2D eigenvalue weighted by Crippen LogP contribution is -2.28. The van der Waals surface area contributed by atoms with Crippen LogP contribution in [0, 0.1) is 12.7 Å². The van der Waals surface area contributed by atoms with Crippen molar-refractivity contribution < 1.29 is 27.9 Å². The minimum absolute atomic E-state index is 0.203. The molecule has 4 rings (SSSR count). The van der Waals surface area contributed by atoms with Gasteiger partial charge in [-0.25, -0.2) is 14.0 Å². The van der Waals surface area contributed by atoms with Crippen LogP contribution in [0.2, 0.25) is 0 Å². The third-order valence-corrected chi connectivity index (χ3v) is 5.26. The molecule has 0 fully saturated rings. The number of hydrogen-bond acceptors (Lipinski definition) is 6. The minimum Gasteiger partial charge on any atom is -0.489 e. The molecule has 0 saturated heterocycles. The predicted octanol–water partition coefficient (Wildman–Crippen LogP) is 4.29. The summed E-state index contributed by atoms with van der Waals surface area (Å²) in [6.45, 7) is 1.85. The number of benzene rings is 3. The van der Waals surface area contributed by atoms with Gasteiger partial charge in [0.05, 0.1) is 5.56 Å². The largest absolute Gasteiger partial charge is 0.489 e. The number of carbonyl (C=O) groups excluding carboxylic acids is 2. The highest BCUT2D eigenvalue weighted by atomic mass is 19.1. The van der Waals surface area contributed by atoms with Crippen LogP contribution in [0.4, 0.5) is 4.39 Å². The first-order valence-corrected chi connectivity index (χ1v) is 10.8. The van der Waals surface area contributed by atoms with Gasteiger partial charge in [0, 0.05) is 24.1 Å². The van der Waals surface area contributed by atoms with Crippen molar-refractivity contribution in [2.75, 3.05) is 6.61 Å². The molecule has 0 atom stereocenters. The summed E-state index contributed by atoms with van der Waals surface area (Å²) in [6, 6.07) is 19.1. The molecule has 0 radical (unpaired) electrons. The smallest absolute Gasteiger partial charge is 0.338 e. The SMILES string of the molecule is Cc1cc(=O)oc2cc(OCc3ccc(C(=O)OCC(=O)NCc4ccc(F)cc4)cc3)ccc12. The third kappa shape index (κ3) is 6.32. The predicted molar refractivity (Wildman–Crippen MR) is 127 cm³/mol. The highest BCUT2D eigenvalue weighted by Crippen LogP contribution is 2.23. The summed E-state index contributed by atoms with van der Waals surface area (Å²) < 4.78 is 29.0. The van der Waals surface area contributed by atoms with Gasteiger partial charge in [0.1, 0.15) is 23.8 Å². The average Bonchev–Trinajstić information content (AvgIpc) is 2.85. The van der Waals surface area contributed by atoms with Gasteiger partial charge in [0.15, 0.2) is 6.61 Å². The number of esters is 1. The fourth-order valence-electron chi connectivity index (χ4n) is 3.37. The molecule has 1 heterocycles. The summed E-state index contributed by atoms with van der Waals surface area (Å²) in [5.74, 6) is -0.907. The van der Waals surface area contributed by atoms with Crippen molar-refractivity contribution in [2.45, 2.75) is 20.1 Å². The van der Waals surface area contributed by atoms with Gasteiger partial charge in [0.25, 0.3) is 5.91 Å². The van der Waals surface area contributed by atoms with Crippen LogP contribution in [0.25, 0.3) is 11.0 Å². The monoisotopic (exact) mass is 475 g/mol. The molecule has 178 valence electrons. The van der Waals surface area contributed by atoms with Crippen LogP contribution in [0.15, 0.2) is 82.0 Å². The van der Waals surface area contributed by atoms with E-state index in [1.165, 1.54) is 18.2 Å². The highest BCUT2D eigenvalue weighted by molar-refractivity contribution is 5.91. The van der Waals surface area contributed by atoms with Crippen molar-refractivity contribution in [2.24, 2.45) is 0 Å². The lowest BCUT2D eigenvalue weighted by atomic mass is 10.1. The number of carbonyl (C=O) groups is 2. The van der Waals surface area contributed by atoms with E-state index in [1.54, 1.807) is 48.5 Å². The molecule has 0 saturated carbocycles. The summed E-state index contributed by atoms with van der Waals surface area (Å²) in [5.41, 5.74) is 2.70. The van der Waals surface area contributed by atoms with E-state index < -0.39 is 24.1 Å². The van der Waals surface area contributed by atoms with Crippen LogP contribution in [0.1, 0.15) is 27.0 Å². The lowest BCUT2D eigenvalue weighted by Gasteiger charge is -2.09. The first-order valence-electron chi connectivity index (χ1n) is 10.8. The molecule has 1 aromatic heterocycles. The van der Waals surface area contributed by atoms with Crippen LogP contribution in [-0.4, -0.2) is 18.5 Å². The van der Waals surface area contributed by atoms with Crippen LogP contribution >= 0.6 is 0 Å². The number of amides is 1. The Morgan fingerprint density at radius 2 is 1.66 bits per heavy atom. The second kappa shape index (κ2) is 10.6. The summed E-state index contributed by atoms with van der Waals surface area (Å²) in [7, 11) is 0. The van der Waals surface area contributed by atoms with E-state index in [4.69, 9.17) is 13.9 Å². The Morgan fingerprint density at radius 3 is 2.40 bits per heavy atom. The Morgan fingerprint density at radius 1 is 0.943 bits per heavy atom. The fraction of sp³-hybridized carbons (Fsp3) is 0.148. The maximum Gasteiger partial charge on any atom is 0.338 e. The zero-order valence-electron chi connectivity index (χ0n) is 18.9. The van der Waals surface area contributed by atoms with Crippen LogP contribution in [-0.2, 0) is 22.7 Å². The molecule has 4 aromatic rings. The van der Waals surface area contributed by atoms with E-state index in [-0.39, 0.29) is 19.0 Å². The molecule has 0 aliphatic rings. The van der Waals surface area contributed by atoms with Gasteiger partial charge >= 0.3 is 11.6 Å². The summed E-state index contributed by atoms with van der Waals surface area (Å²) in [5, 5.41) is 3.44. The first-order chi connectivity index (χ1) is 16.9. The topological polar surface area (TPSA) is 94.8 Å². The van der Waals surface area contributed by atoms with Crippen molar-refractivity contribution >= 4 is 22.8 Å². The van der Waals surface area contributed by atoms with E-state index in [1.807, 2.05) is 13.0 Å². The molecule has 3 aromatic carbocycles. The zero-order chi connectivity index (χ0) is 24.8. The highest BCUT2D eigenvalue weighted by Gasteiger charge is 2.11. The van der Waals surface area contributed by atoms with Gasteiger partial charge in [0.2, 0.25) is 0 Å². The number of rotatable bonds is 8. The van der Waals surface area contributed by atoms with Gasteiger partial charge in [-0.3, -0.25) is 4.79 Å². The Hall–Kier alpha value is -4.46. The van der Waals surface area contributed by atoms with Crippen LogP contribution in [0.5, 0.6) is 5.75 Å². The van der Waals surface area contributed by atoms with E-state index in [9.17, 15) is 18.8 Å². The van der Waals surface area contributed by atoms with E-state index in [0.29, 0.717) is 16.9 Å². The first kappa shape index (κ1) is 23.7. The molecule has 1 N–H and O–H groups in total. The number of fused-ring (bicyclic) bond motifs is 1. The Labute approximate surface area is 200 Å². The molecule has 0 spiro atoms. The van der Waals surface area contributed by atoms with Gasteiger partial charge < -0.3 is 19.2 Å². The molecular weight excluding hydrogens is 453 g/mol. The number of nitrogens with one attached hydrogen (secondary N) is 1. The maximum absolute atomic E-state index is 12.9. The quantitative estimate of drug-likeness (QED) is 0.302. The summed E-state index contributed by atoms with van der Waals surface area (Å²) in [6.07, 6.45) is 0. The standard InChI is InChI=1S/C27H22FNO6/c1-17-12-26(31)35-24-13-22(10-11-23(17)24)33-15-19-2-6-20(7-3-19)27(32)34-16-25(30)29-14-18-4-8-21(28)9-5-18/h2-13H,14-16H2,1H3,(H,29,30). The maximum atomic E-state index is 12.9. The van der Waals surface area contributed by atoms with Crippen LogP contribution < -0.4 is 15.7 Å². The Bertz CT molecular complexity index is 1410. The number of hydrogen-bond donors (Lipinski definition) is 1. The number of halogens is 1. The number of ether oxygens (including phenoxy) is 2. The zero-order valence-corrected chi connectivity index (χ0v) is 18.9. The van der Waals surface area contributed by atoms with Crippen molar-refractivity contribution in [1.29, 1.82) is 0 Å². The normalized spacial score (nSPS) is 10.7. The molecule has 35 heavy (non-hydrogen) atoms. The molecule has 1 amide bonds. The molecule has 0 aliphatic heterocycles. The van der Waals surface area contributed by atoms with Gasteiger partial charge in [-0.05, 0) is 60.0 Å². The number of aryl methyl sites for hydroxylation is 1. The molecule has 8 heteroatoms. The molecule has 0 unspecified atom stereocenters. The molecule has 0 aliphatic carbocycles. The van der Waals surface area contributed by atoms with Gasteiger partial charge in [-0.1, -0.05) is 24.3 Å². The van der Waals surface area contributed by atoms with E-state index in [2.05, 4.69) is 5.32 Å². The lowest BCUT2D eigenvalue weighted by molar-refractivity contribution is -0.124.